The number of rotatable bonds is 3. The zero-order valence-corrected chi connectivity index (χ0v) is 12.2. The molecule has 2 aromatic carbocycles. The van der Waals surface area contributed by atoms with Crippen molar-refractivity contribution in [3.8, 4) is 11.5 Å². The Labute approximate surface area is 136 Å². The summed E-state index contributed by atoms with van der Waals surface area (Å²) in [6.45, 7) is 3.79. The van der Waals surface area contributed by atoms with Crippen LogP contribution in [0.15, 0.2) is 24.8 Å². The zero-order valence-electron chi connectivity index (χ0n) is 11.4. The van der Waals surface area contributed by atoms with E-state index in [0.29, 0.717) is 16.9 Å². The normalized spacial score (nSPS) is 10.4. The Bertz CT molecular complexity index is 774. The SMILES string of the molecule is [B]c1c([B])c(O)c(C(=C)c2ccc(Cl)cc2C=O)c(O)c1[B]. The maximum absolute atomic E-state index is 11.2. The van der Waals surface area contributed by atoms with Gasteiger partial charge in [-0.1, -0.05) is 35.2 Å². The Hall–Kier alpha value is -2.07. The van der Waals surface area contributed by atoms with E-state index in [9.17, 15) is 15.0 Å². The third-order valence-electron chi connectivity index (χ3n) is 3.33. The summed E-state index contributed by atoms with van der Waals surface area (Å²) in [5.41, 5.74) is 0.208. The van der Waals surface area contributed by atoms with Crippen molar-refractivity contribution in [2.24, 2.45) is 0 Å². The van der Waals surface area contributed by atoms with Crippen LogP contribution in [-0.4, -0.2) is 40.0 Å². The molecule has 0 saturated carbocycles. The van der Waals surface area contributed by atoms with Gasteiger partial charge in [0.05, 0.1) is 5.56 Å². The topological polar surface area (TPSA) is 57.5 Å². The van der Waals surface area contributed by atoms with Gasteiger partial charge in [-0.3, -0.25) is 4.79 Å². The first-order valence-electron chi connectivity index (χ1n) is 6.12. The van der Waals surface area contributed by atoms with Crippen LogP contribution in [0.5, 0.6) is 11.5 Å². The largest absolute Gasteiger partial charge is 0.508 e. The van der Waals surface area contributed by atoms with Crippen LogP contribution in [0.25, 0.3) is 5.57 Å². The number of hydrogen-bond acceptors (Lipinski definition) is 3. The van der Waals surface area contributed by atoms with Crippen molar-refractivity contribution >= 4 is 63.4 Å². The van der Waals surface area contributed by atoms with Gasteiger partial charge in [-0.15, -0.1) is 5.46 Å². The second kappa shape index (κ2) is 5.97. The molecule has 0 bridgehead atoms. The third-order valence-corrected chi connectivity index (χ3v) is 3.57. The lowest BCUT2D eigenvalue weighted by Gasteiger charge is -2.19. The number of aldehydes is 1. The molecule has 0 fully saturated rings. The van der Waals surface area contributed by atoms with Gasteiger partial charge in [-0.05, 0) is 23.3 Å². The summed E-state index contributed by atoms with van der Waals surface area (Å²) in [6, 6.07) is 4.52. The lowest BCUT2D eigenvalue weighted by atomic mass is 9.69. The number of halogens is 1. The smallest absolute Gasteiger partial charge is 0.150 e. The van der Waals surface area contributed by atoms with E-state index in [2.05, 4.69) is 6.58 Å². The van der Waals surface area contributed by atoms with E-state index >= 15 is 0 Å². The summed E-state index contributed by atoms with van der Waals surface area (Å²) in [5, 5.41) is 20.6. The highest BCUT2D eigenvalue weighted by molar-refractivity contribution is 6.59. The number of benzene rings is 2. The van der Waals surface area contributed by atoms with Gasteiger partial charge in [-0.25, -0.2) is 0 Å². The van der Waals surface area contributed by atoms with Crippen molar-refractivity contribution in [2.75, 3.05) is 0 Å². The van der Waals surface area contributed by atoms with E-state index < -0.39 is 11.5 Å². The molecule has 0 amide bonds. The summed E-state index contributed by atoms with van der Waals surface area (Å²) in [5.74, 6) is -0.915. The highest BCUT2D eigenvalue weighted by atomic mass is 35.5. The van der Waals surface area contributed by atoms with E-state index in [4.69, 9.17) is 35.1 Å². The van der Waals surface area contributed by atoms with Crippen molar-refractivity contribution in [1.82, 2.24) is 0 Å². The molecule has 0 atom stereocenters. The van der Waals surface area contributed by atoms with Crippen molar-refractivity contribution < 1.29 is 15.0 Å². The molecule has 6 radical (unpaired) electrons. The third kappa shape index (κ3) is 2.55. The van der Waals surface area contributed by atoms with Crippen molar-refractivity contribution in [3.63, 3.8) is 0 Å². The van der Waals surface area contributed by atoms with E-state index in [1.165, 1.54) is 12.1 Å². The van der Waals surface area contributed by atoms with Gasteiger partial charge in [0, 0.05) is 10.6 Å². The molecule has 0 saturated heterocycles. The second-order valence-electron chi connectivity index (χ2n) is 4.64. The van der Waals surface area contributed by atoms with E-state index in [-0.39, 0.29) is 33.1 Å². The number of aromatic hydroxyl groups is 2. The first-order valence-corrected chi connectivity index (χ1v) is 6.50. The fraction of sp³-hybridized carbons (Fsp3) is 0. The van der Waals surface area contributed by atoms with Gasteiger partial charge >= 0.3 is 0 Å². The Morgan fingerprint density at radius 1 is 1.09 bits per heavy atom. The molecule has 0 aliphatic heterocycles. The first kappa shape index (κ1) is 16.3. The molecular weight excluding hydrogens is 296 g/mol. The standard InChI is InChI=1S/C15H8B3ClO3/c1-6(9-3-2-8(19)4-7(9)5-20)10-14(21)12(17)11(16)13(18)15(10)22/h2-5,21-22H,1H2. The molecule has 7 heteroatoms. The van der Waals surface area contributed by atoms with E-state index in [1.807, 2.05) is 0 Å². The van der Waals surface area contributed by atoms with Crippen LogP contribution in [0.2, 0.25) is 5.02 Å². The van der Waals surface area contributed by atoms with Crippen molar-refractivity contribution in [1.29, 1.82) is 0 Å². The second-order valence-corrected chi connectivity index (χ2v) is 5.08. The quantitative estimate of drug-likeness (QED) is 0.620. The molecule has 0 aliphatic rings. The summed E-state index contributed by atoms with van der Waals surface area (Å²) in [6.07, 6.45) is 0.588. The highest BCUT2D eigenvalue weighted by Crippen LogP contribution is 2.34. The lowest BCUT2D eigenvalue weighted by molar-refractivity contribution is 0.112. The average molecular weight is 304 g/mol. The molecular formula is C15H8B3ClO3. The monoisotopic (exact) mass is 304 g/mol. The fourth-order valence-corrected chi connectivity index (χ4v) is 2.29. The average Bonchev–Trinajstić information content (AvgIpc) is 2.50. The predicted molar refractivity (Wildman–Crippen MR) is 90.9 cm³/mol. The summed E-state index contributed by atoms with van der Waals surface area (Å²) < 4.78 is 0. The van der Waals surface area contributed by atoms with Gasteiger partial charge in [0.2, 0.25) is 0 Å². The minimum absolute atomic E-state index is 0.0883. The minimum atomic E-state index is -0.457. The molecule has 0 unspecified atom stereocenters. The summed E-state index contributed by atoms with van der Waals surface area (Å²) in [7, 11) is 16.9. The molecule has 0 aliphatic carbocycles. The number of phenols is 2. The van der Waals surface area contributed by atoms with Crippen LogP contribution >= 0.6 is 11.6 Å². The van der Waals surface area contributed by atoms with Gasteiger partial charge in [0.25, 0.3) is 0 Å². The number of hydrogen-bond donors (Lipinski definition) is 2. The lowest BCUT2D eigenvalue weighted by Crippen LogP contribution is -2.39. The van der Waals surface area contributed by atoms with Crippen LogP contribution in [0.3, 0.4) is 0 Å². The molecule has 102 valence electrons. The van der Waals surface area contributed by atoms with Crippen LogP contribution in [-0.2, 0) is 0 Å². The summed E-state index contributed by atoms with van der Waals surface area (Å²) >= 11 is 5.84. The van der Waals surface area contributed by atoms with Crippen LogP contribution in [0.4, 0.5) is 0 Å². The van der Waals surface area contributed by atoms with Gasteiger partial charge in [-0.2, -0.15) is 0 Å². The van der Waals surface area contributed by atoms with E-state index in [1.54, 1.807) is 6.07 Å². The fourth-order valence-electron chi connectivity index (χ4n) is 2.11. The Morgan fingerprint density at radius 3 is 2.14 bits per heavy atom. The van der Waals surface area contributed by atoms with Gasteiger partial charge in [0.15, 0.2) is 6.29 Å². The Morgan fingerprint density at radius 2 is 1.64 bits per heavy atom. The molecule has 0 spiro atoms. The minimum Gasteiger partial charge on any atom is -0.508 e. The zero-order chi connectivity index (χ0) is 16.6. The number of phenolic OH excluding ortho intramolecular Hbond substituents is 2. The maximum Gasteiger partial charge on any atom is 0.150 e. The molecule has 2 aromatic rings. The maximum atomic E-state index is 11.2. The van der Waals surface area contributed by atoms with Crippen LogP contribution < -0.4 is 16.4 Å². The Balaban J connectivity index is 2.73. The number of carbonyl (C=O) groups is 1. The van der Waals surface area contributed by atoms with Gasteiger partial charge < -0.3 is 10.2 Å². The molecule has 3 nitrogen and oxygen atoms in total. The molecule has 2 N–H and O–H groups in total. The predicted octanol–water partition coefficient (Wildman–Crippen LogP) is 0.00660. The Kier molecular flexibility index (Phi) is 4.43. The van der Waals surface area contributed by atoms with Crippen LogP contribution in [0.1, 0.15) is 21.5 Å². The highest BCUT2D eigenvalue weighted by Gasteiger charge is 2.20. The van der Waals surface area contributed by atoms with Crippen molar-refractivity contribution in [3.05, 3.63) is 46.5 Å². The van der Waals surface area contributed by atoms with Gasteiger partial charge in [0.1, 0.15) is 35.0 Å². The van der Waals surface area contributed by atoms with Crippen LogP contribution in [0, 0.1) is 0 Å². The van der Waals surface area contributed by atoms with Crippen molar-refractivity contribution in [2.45, 2.75) is 0 Å². The molecule has 2 rings (SSSR count). The molecule has 0 aromatic heterocycles. The summed E-state index contributed by atoms with van der Waals surface area (Å²) in [4.78, 5) is 11.2. The molecule has 22 heavy (non-hydrogen) atoms. The first-order chi connectivity index (χ1) is 10.3. The number of carbonyl (C=O) groups excluding carboxylic acids is 1. The molecule has 0 heterocycles. The van der Waals surface area contributed by atoms with E-state index in [0.717, 1.165) is 0 Å².